The Kier molecular flexibility index (Phi) is 4.89. The number of nitrogens with zero attached hydrogens (tertiary/aromatic N) is 3. The first-order chi connectivity index (χ1) is 8.35. The molecule has 1 aromatic heterocycles. The quantitative estimate of drug-likeness (QED) is 0.810. The highest BCUT2D eigenvalue weighted by atomic mass is 32.2. The molecule has 0 unspecified atom stereocenters. The predicted octanol–water partition coefficient (Wildman–Crippen LogP) is 0.492. The average Bonchev–Trinajstić information content (AvgIpc) is 2.28. The van der Waals surface area contributed by atoms with Crippen LogP contribution in [0.3, 0.4) is 0 Å². The molecule has 1 rings (SSSR count). The minimum atomic E-state index is -2.98. The zero-order chi connectivity index (χ0) is 13.8. The van der Waals surface area contributed by atoms with Gasteiger partial charge in [-0.1, -0.05) is 13.3 Å². The van der Waals surface area contributed by atoms with Crippen molar-refractivity contribution in [1.82, 2.24) is 9.97 Å². The Bertz CT molecular complexity index is 502. The maximum atomic E-state index is 11.2. The van der Waals surface area contributed by atoms with Crippen LogP contribution in [0.1, 0.15) is 18.9 Å². The van der Waals surface area contributed by atoms with Gasteiger partial charge in [0, 0.05) is 25.4 Å². The first kappa shape index (κ1) is 14.7. The van der Waals surface area contributed by atoms with Gasteiger partial charge < -0.3 is 10.6 Å². The molecule has 0 saturated carbocycles. The van der Waals surface area contributed by atoms with E-state index in [0.717, 1.165) is 18.4 Å². The minimum Gasteiger partial charge on any atom is -0.383 e. The van der Waals surface area contributed by atoms with Crippen LogP contribution in [-0.4, -0.2) is 44.0 Å². The van der Waals surface area contributed by atoms with Crippen LogP contribution in [0.25, 0.3) is 0 Å². The number of sulfone groups is 1. The molecule has 0 radical (unpaired) electrons. The number of hydrogen-bond donors (Lipinski definition) is 1. The molecule has 2 N–H and O–H groups in total. The van der Waals surface area contributed by atoms with Crippen molar-refractivity contribution in [2.24, 2.45) is 0 Å². The van der Waals surface area contributed by atoms with Crippen molar-refractivity contribution in [3.05, 3.63) is 11.9 Å². The van der Waals surface area contributed by atoms with Crippen LogP contribution in [0.15, 0.2) is 6.33 Å². The molecule has 0 atom stereocenters. The summed E-state index contributed by atoms with van der Waals surface area (Å²) < 4.78 is 22.3. The number of hydrogen-bond acceptors (Lipinski definition) is 6. The Morgan fingerprint density at radius 2 is 2.06 bits per heavy atom. The van der Waals surface area contributed by atoms with Crippen molar-refractivity contribution in [3.8, 4) is 0 Å². The highest BCUT2D eigenvalue weighted by Crippen LogP contribution is 2.21. The summed E-state index contributed by atoms with van der Waals surface area (Å²) in [4.78, 5) is 9.98. The van der Waals surface area contributed by atoms with Gasteiger partial charge in [-0.2, -0.15) is 0 Å². The summed E-state index contributed by atoms with van der Waals surface area (Å²) in [7, 11) is -1.17. The predicted molar refractivity (Wildman–Crippen MR) is 73.4 cm³/mol. The largest absolute Gasteiger partial charge is 0.383 e. The molecule has 0 saturated heterocycles. The molecular formula is C11H20N4O2S. The van der Waals surface area contributed by atoms with E-state index in [-0.39, 0.29) is 5.75 Å². The van der Waals surface area contributed by atoms with E-state index in [2.05, 4.69) is 9.97 Å². The molecular weight excluding hydrogens is 252 g/mol. The minimum absolute atomic E-state index is 0.0962. The van der Waals surface area contributed by atoms with Crippen LogP contribution in [-0.2, 0) is 16.3 Å². The summed E-state index contributed by atoms with van der Waals surface area (Å²) in [5.74, 6) is 1.28. The van der Waals surface area contributed by atoms with Crippen LogP contribution in [0.4, 0.5) is 11.6 Å². The van der Waals surface area contributed by atoms with E-state index in [1.54, 1.807) is 0 Å². The second-order valence-electron chi connectivity index (χ2n) is 4.36. The molecule has 0 amide bonds. The molecule has 6 nitrogen and oxygen atoms in total. The molecule has 0 aliphatic rings. The smallest absolute Gasteiger partial charge is 0.149 e. The van der Waals surface area contributed by atoms with E-state index in [9.17, 15) is 8.42 Å². The highest BCUT2D eigenvalue weighted by molar-refractivity contribution is 7.90. The monoisotopic (exact) mass is 272 g/mol. The van der Waals surface area contributed by atoms with Crippen LogP contribution in [0.2, 0.25) is 0 Å². The van der Waals surface area contributed by atoms with Crippen LogP contribution in [0.5, 0.6) is 0 Å². The zero-order valence-electron chi connectivity index (χ0n) is 11.0. The number of aromatic nitrogens is 2. The molecule has 7 heteroatoms. The number of anilines is 2. The molecule has 18 heavy (non-hydrogen) atoms. The van der Waals surface area contributed by atoms with Gasteiger partial charge in [-0.05, 0) is 6.42 Å². The van der Waals surface area contributed by atoms with E-state index in [1.165, 1.54) is 12.6 Å². The van der Waals surface area contributed by atoms with Gasteiger partial charge in [0.2, 0.25) is 0 Å². The molecule has 1 aromatic rings. The van der Waals surface area contributed by atoms with Gasteiger partial charge in [0.1, 0.15) is 27.8 Å². The highest BCUT2D eigenvalue weighted by Gasteiger charge is 2.14. The number of nitrogens with two attached hydrogens (primary N) is 1. The van der Waals surface area contributed by atoms with E-state index < -0.39 is 9.84 Å². The molecule has 0 spiro atoms. The van der Waals surface area contributed by atoms with E-state index in [0.29, 0.717) is 18.2 Å². The lowest BCUT2D eigenvalue weighted by Gasteiger charge is -2.21. The second-order valence-corrected chi connectivity index (χ2v) is 6.62. The number of nitrogen functional groups attached to an aromatic ring is 1. The molecule has 0 aliphatic heterocycles. The van der Waals surface area contributed by atoms with Crippen molar-refractivity contribution in [2.75, 3.05) is 36.2 Å². The molecule has 1 heterocycles. The third-order valence-electron chi connectivity index (χ3n) is 2.62. The van der Waals surface area contributed by atoms with Gasteiger partial charge >= 0.3 is 0 Å². The van der Waals surface area contributed by atoms with Crippen molar-refractivity contribution >= 4 is 21.5 Å². The Hall–Kier alpha value is -1.37. The molecule has 0 fully saturated rings. The Labute approximate surface area is 108 Å². The topological polar surface area (TPSA) is 89.2 Å². The molecule has 102 valence electrons. The SMILES string of the molecule is CCCc1c(N)ncnc1N(C)CCS(C)(=O)=O. The zero-order valence-corrected chi connectivity index (χ0v) is 11.9. The van der Waals surface area contributed by atoms with Gasteiger partial charge in [-0.3, -0.25) is 0 Å². The molecule has 0 aromatic carbocycles. The van der Waals surface area contributed by atoms with Crippen LogP contribution < -0.4 is 10.6 Å². The van der Waals surface area contributed by atoms with E-state index in [1.807, 2.05) is 18.9 Å². The fraction of sp³-hybridized carbons (Fsp3) is 0.636. The third-order valence-corrected chi connectivity index (χ3v) is 3.54. The first-order valence-electron chi connectivity index (χ1n) is 5.83. The summed E-state index contributed by atoms with van der Waals surface area (Å²) in [6.07, 6.45) is 4.35. The van der Waals surface area contributed by atoms with Gasteiger partial charge in [-0.25, -0.2) is 18.4 Å². The summed E-state index contributed by atoms with van der Waals surface area (Å²) in [6.45, 7) is 2.44. The lowest BCUT2D eigenvalue weighted by Crippen LogP contribution is -2.27. The van der Waals surface area contributed by atoms with Gasteiger partial charge in [0.25, 0.3) is 0 Å². The van der Waals surface area contributed by atoms with Crippen molar-refractivity contribution in [1.29, 1.82) is 0 Å². The lowest BCUT2D eigenvalue weighted by atomic mass is 10.1. The summed E-state index contributed by atoms with van der Waals surface area (Å²) in [5.41, 5.74) is 6.72. The Balaban J connectivity index is 2.91. The van der Waals surface area contributed by atoms with E-state index >= 15 is 0 Å². The fourth-order valence-electron chi connectivity index (χ4n) is 1.64. The second kappa shape index (κ2) is 5.99. The molecule has 0 bridgehead atoms. The maximum absolute atomic E-state index is 11.2. The van der Waals surface area contributed by atoms with Crippen LogP contribution in [0, 0.1) is 0 Å². The summed E-state index contributed by atoms with van der Waals surface area (Å²) in [5, 5.41) is 0. The van der Waals surface area contributed by atoms with Gasteiger partial charge in [-0.15, -0.1) is 0 Å². The summed E-state index contributed by atoms with van der Waals surface area (Å²) in [6, 6.07) is 0. The van der Waals surface area contributed by atoms with E-state index in [4.69, 9.17) is 5.73 Å². The maximum Gasteiger partial charge on any atom is 0.149 e. The van der Waals surface area contributed by atoms with Crippen molar-refractivity contribution in [2.45, 2.75) is 19.8 Å². The lowest BCUT2D eigenvalue weighted by molar-refractivity contribution is 0.601. The normalized spacial score (nSPS) is 11.5. The van der Waals surface area contributed by atoms with Crippen LogP contribution >= 0.6 is 0 Å². The summed E-state index contributed by atoms with van der Waals surface area (Å²) >= 11 is 0. The van der Waals surface area contributed by atoms with Gasteiger partial charge in [0.05, 0.1) is 5.75 Å². The van der Waals surface area contributed by atoms with Crippen molar-refractivity contribution in [3.63, 3.8) is 0 Å². The Morgan fingerprint density at radius 3 is 2.61 bits per heavy atom. The average molecular weight is 272 g/mol. The first-order valence-corrected chi connectivity index (χ1v) is 7.89. The third kappa shape index (κ3) is 4.14. The standard InChI is InChI=1S/C11H20N4O2S/c1-4-5-9-10(12)13-8-14-11(9)15(2)6-7-18(3,16)17/h8H,4-7H2,1-3H3,(H2,12,13,14). The van der Waals surface area contributed by atoms with Crippen molar-refractivity contribution < 1.29 is 8.42 Å². The molecule has 0 aliphatic carbocycles. The Morgan fingerprint density at radius 1 is 1.39 bits per heavy atom. The van der Waals surface area contributed by atoms with Gasteiger partial charge in [0.15, 0.2) is 0 Å². The number of rotatable bonds is 6. The fourth-order valence-corrected chi connectivity index (χ4v) is 2.25.